The number of hydrogen-bond donors (Lipinski definition) is 3. The van der Waals surface area contributed by atoms with Crippen LogP contribution in [0.15, 0.2) is 48.8 Å². The molecule has 3 N–H and O–H groups in total. The first kappa shape index (κ1) is 15.9. The van der Waals surface area contributed by atoms with Crippen molar-refractivity contribution in [1.29, 1.82) is 0 Å². The fraction of sp³-hybridized carbons (Fsp3) is 0.125. The second-order valence-electron chi connectivity index (χ2n) is 5.02. The Labute approximate surface area is 142 Å². The third-order valence-corrected chi connectivity index (χ3v) is 4.19. The third-order valence-electron chi connectivity index (χ3n) is 3.27. The van der Waals surface area contributed by atoms with Crippen LogP contribution in [0.3, 0.4) is 0 Å². The molecular weight excluding hydrogens is 326 g/mol. The predicted octanol–water partition coefficient (Wildman–Crippen LogP) is 2.28. The number of amides is 2. The van der Waals surface area contributed by atoms with E-state index >= 15 is 0 Å². The van der Waals surface area contributed by atoms with Crippen LogP contribution in [0.2, 0.25) is 0 Å². The molecule has 24 heavy (non-hydrogen) atoms. The summed E-state index contributed by atoms with van der Waals surface area (Å²) >= 11 is 1.28. The van der Waals surface area contributed by atoms with Crippen LogP contribution in [0, 0.1) is 6.92 Å². The van der Waals surface area contributed by atoms with E-state index in [0.29, 0.717) is 16.3 Å². The predicted molar refractivity (Wildman–Crippen MR) is 90.7 cm³/mol. The van der Waals surface area contributed by atoms with E-state index in [-0.39, 0.29) is 11.8 Å². The Hall–Kier alpha value is -3.00. The molecule has 0 aliphatic carbocycles. The standard InChI is InChI=1S/C16H15N5O2S/c1-10-17-9-12(24-10)15(22)20-14(11-5-3-2-4-6-11)16(23)19-13-7-8-18-21-13/h2-9,14H,1H3,(H,20,22)(H2,18,19,21,23)/t14-/m0/s1. The van der Waals surface area contributed by atoms with Gasteiger partial charge in [0.15, 0.2) is 0 Å². The number of thiazole rings is 1. The number of anilines is 1. The van der Waals surface area contributed by atoms with Crippen molar-refractivity contribution in [2.75, 3.05) is 5.32 Å². The first-order valence-electron chi connectivity index (χ1n) is 7.22. The number of aromatic amines is 1. The molecule has 0 radical (unpaired) electrons. The number of aryl methyl sites for hydroxylation is 1. The van der Waals surface area contributed by atoms with Crippen molar-refractivity contribution in [3.05, 3.63) is 64.2 Å². The maximum Gasteiger partial charge on any atom is 0.263 e. The van der Waals surface area contributed by atoms with Crippen LogP contribution in [-0.2, 0) is 4.79 Å². The van der Waals surface area contributed by atoms with Crippen molar-refractivity contribution < 1.29 is 9.59 Å². The van der Waals surface area contributed by atoms with E-state index in [1.165, 1.54) is 23.7 Å². The van der Waals surface area contributed by atoms with Crippen molar-refractivity contribution >= 4 is 29.0 Å². The van der Waals surface area contributed by atoms with Gasteiger partial charge in [0.05, 0.1) is 17.4 Å². The van der Waals surface area contributed by atoms with Crippen LogP contribution in [-0.4, -0.2) is 27.0 Å². The summed E-state index contributed by atoms with van der Waals surface area (Å²) in [5.41, 5.74) is 0.684. The molecule has 0 aliphatic rings. The lowest BCUT2D eigenvalue weighted by Gasteiger charge is -2.18. The molecule has 3 rings (SSSR count). The fourth-order valence-electron chi connectivity index (χ4n) is 2.14. The van der Waals surface area contributed by atoms with E-state index in [1.807, 2.05) is 25.1 Å². The summed E-state index contributed by atoms with van der Waals surface area (Å²) in [5.74, 6) is -0.238. The zero-order chi connectivity index (χ0) is 16.9. The highest BCUT2D eigenvalue weighted by Gasteiger charge is 2.24. The molecule has 1 aromatic carbocycles. The maximum absolute atomic E-state index is 12.6. The van der Waals surface area contributed by atoms with Gasteiger partial charge < -0.3 is 10.6 Å². The highest BCUT2D eigenvalue weighted by atomic mass is 32.1. The highest BCUT2D eigenvalue weighted by molar-refractivity contribution is 7.13. The van der Waals surface area contributed by atoms with Crippen LogP contribution < -0.4 is 10.6 Å². The molecule has 3 aromatic rings. The first-order chi connectivity index (χ1) is 11.6. The molecule has 0 saturated carbocycles. The molecule has 0 aliphatic heterocycles. The first-order valence-corrected chi connectivity index (χ1v) is 8.03. The summed E-state index contributed by atoms with van der Waals surface area (Å²) < 4.78 is 0. The zero-order valence-corrected chi connectivity index (χ0v) is 13.6. The molecule has 122 valence electrons. The zero-order valence-electron chi connectivity index (χ0n) is 12.8. The summed E-state index contributed by atoms with van der Waals surface area (Å²) in [5, 5.41) is 12.7. The lowest BCUT2D eigenvalue weighted by molar-refractivity contribution is -0.118. The number of carbonyl (C=O) groups excluding carboxylic acids is 2. The van der Waals surface area contributed by atoms with Crippen LogP contribution in [0.25, 0.3) is 0 Å². The van der Waals surface area contributed by atoms with Crippen LogP contribution in [0.1, 0.15) is 26.3 Å². The Morgan fingerprint density at radius 2 is 2.00 bits per heavy atom. The third kappa shape index (κ3) is 3.66. The van der Waals surface area contributed by atoms with Gasteiger partial charge in [-0.05, 0) is 12.5 Å². The molecule has 0 fully saturated rings. The number of H-pyrrole nitrogens is 1. The van der Waals surface area contributed by atoms with E-state index in [4.69, 9.17) is 0 Å². The van der Waals surface area contributed by atoms with Crippen LogP contribution >= 0.6 is 11.3 Å². The Balaban J connectivity index is 1.82. The van der Waals surface area contributed by atoms with Gasteiger partial charge in [0.25, 0.3) is 11.8 Å². The lowest BCUT2D eigenvalue weighted by Crippen LogP contribution is -2.36. The second kappa shape index (κ2) is 7.05. The number of nitrogens with zero attached hydrogens (tertiary/aromatic N) is 2. The second-order valence-corrected chi connectivity index (χ2v) is 6.26. The Morgan fingerprint density at radius 1 is 1.21 bits per heavy atom. The molecule has 2 heterocycles. The summed E-state index contributed by atoms with van der Waals surface area (Å²) in [4.78, 5) is 29.5. The average Bonchev–Trinajstić information content (AvgIpc) is 3.24. The van der Waals surface area contributed by atoms with Gasteiger partial charge in [-0.3, -0.25) is 14.7 Å². The molecule has 0 spiro atoms. The van der Waals surface area contributed by atoms with Gasteiger partial charge in [-0.15, -0.1) is 11.3 Å². The number of hydrogen-bond acceptors (Lipinski definition) is 5. The normalized spacial score (nSPS) is 11.7. The maximum atomic E-state index is 12.6. The van der Waals surface area contributed by atoms with Crippen molar-refractivity contribution in [2.24, 2.45) is 0 Å². The van der Waals surface area contributed by atoms with Crippen molar-refractivity contribution in [3.8, 4) is 0 Å². The van der Waals surface area contributed by atoms with E-state index in [9.17, 15) is 9.59 Å². The quantitative estimate of drug-likeness (QED) is 0.663. The van der Waals surface area contributed by atoms with Crippen LogP contribution in [0.5, 0.6) is 0 Å². The summed E-state index contributed by atoms with van der Waals surface area (Å²) in [6.45, 7) is 1.82. The Morgan fingerprint density at radius 3 is 2.62 bits per heavy atom. The molecule has 0 bridgehead atoms. The van der Waals surface area contributed by atoms with Gasteiger partial charge in [0.2, 0.25) is 0 Å². The summed E-state index contributed by atoms with van der Waals surface area (Å²) in [7, 11) is 0. The van der Waals surface area contributed by atoms with Gasteiger partial charge in [0, 0.05) is 6.07 Å². The minimum atomic E-state index is -0.829. The van der Waals surface area contributed by atoms with Gasteiger partial charge in [-0.1, -0.05) is 30.3 Å². The Bertz CT molecular complexity index is 829. The molecular formula is C16H15N5O2S. The molecule has 7 nitrogen and oxygen atoms in total. The van der Waals surface area contributed by atoms with Crippen molar-refractivity contribution in [3.63, 3.8) is 0 Å². The fourth-order valence-corrected chi connectivity index (χ4v) is 2.83. The molecule has 1 atom stereocenters. The van der Waals surface area contributed by atoms with Gasteiger partial charge >= 0.3 is 0 Å². The minimum Gasteiger partial charge on any atom is -0.336 e. The molecule has 8 heteroatoms. The van der Waals surface area contributed by atoms with Crippen molar-refractivity contribution in [1.82, 2.24) is 20.5 Å². The number of nitrogens with one attached hydrogen (secondary N) is 3. The van der Waals surface area contributed by atoms with Crippen LogP contribution in [0.4, 0.5) is 5.82 Å². The lowest BCUT2D eigenvalue weighted by atomic mass is 10.1. The van der Waals surface area contributed by atoms with E-state index in [1.54, 1.807) is 18.2 Å². The molecule has 2 amide bonds. The average molecular weight is 341 g/mol. The summed E-state index contributed by atoms with van der Waals surface area (Å²) in [6.07, 6.45) is 3.04. The van der Waals surface area contributed by atoms with E-state index in [0.717, 1.165) is 5.01 Å². The summed E-state index contributed by atoms with van der Waals surface area (Å²) in [6, 6.07) is 9.86. The van der Waals surface area contributed by atoms with Gasteiger partial charge in [0.1, 0.15) is 16.7 Å². The SMILES string of the molecule is Cc1ncc(C(=O)N[C@H](C(=O)Nc2ccn[nH]2)c2ccccc2)s1. The molecule has 0 saturated heterocycles. The monoisotopic (exact) mass is 341 g/mol. The van der Waals surface area contributed by atoms with E-state index < -0.39 is 6.04 Å². The number of benzene rings is 1. The highest BCUT2D eigenvalue weighted by Crippen LogP contribution is 2.18. The number of aromatic nitrogens is 3. The van der Waals surface area contributed by atoms with Crippen molar-refractivity contribution in [2.45, 2.75) is 13.0 Å². The number of rotatable bonds is 5. The van der Waals surface area contributed by atoms with Gasteiger partial charge in [-0.25, -0.2) is 4.98 Å². The molecule has 0 unspecified atom stereocenters. The molecule has 2 aromatic heterocycles. The number of carbonyl (C=O) groups is 2. The largest absolute Gasteiger partial charge is 0.336 e. The topological polar surface area (TPSA) is 99.8 Å². The minimum absolute atomic E-state index is 0.339. The van der Waals surface area contributed by atoms with E-state index in [2.05, 4.69) is 25.8 Å². The Kier molecular flexibility index (Phi) is 4.66. The van der Waals surface area contributed by atoms with Gasteiger partial charge in [-0.2, -0.15) is 5.10 Å². The smallest absolute Gasteiger partial charge is 0.263 e.